The summed E-state index contributed by atoms with van der Waals surface area (Å²) in [6.07, 6.45) is 4.92. The van der Waals surface area contributed by atoms with E-state index in [2.05, 4.69) is 28.2 Å². The zero-order valence-corrected chi connectivity index (χ0v) is 11.6. The molecule has 2 heterocycles. The first-order chi connectivity index (χ1) is 9.33. The highest BCUT2D eigenvalue weighted by Crippen LogP contribution is 2.15. The first-order valence-corrected chi connectivity index (χ1v) is 7.19. The molecule has 0 bridgehead atoms. The molecular weight excluding hydrogens is 236 g/mol. The second-order valence-electron chi connectivity index (χ2n) is 5.09. The maximum absolute atomic E-state index is 8.95. The molecule has 4 heteroatoms. The van der Waals surface area contributed by atoms with Crippen molar-refractivity contribution >= 4 is 5.82 Å². The Morgan fingerprint density at radius 2 is 2.37 bits per heavy atom. The van der Waals surface area contributed by atoms with E-state index in [1.807, 2.05) is 12.1 Å². The van der Waals surface area contributed by atoms with E-state index >= 15 is 0 Å². The summed E-state index contributed by atoms with van der Waals surface area (Å²) in [5, 5.41) is 12.5. The topological polar surface area (TPSA) is 52.0 Å². The van der Waals surface area contributed by atoms with E-state index in [-0.39, 0.29) is 0 Å². The molecule has 1 saturated heterocycles. The number of hydrogen-bond donors (Lipinski definition) is 1. The number of aromatic nitrogens is 1. The van der Waals surface area contributed by atoms with Gasteiger partial charge in [-0.25, -0.2) is 4.98 Å². The molecule has 4 nitrogen and oxygen atoms in total. The third kappa shape index (κ3) is 3.93. The standard InChI is InChI=1S/C15H22N4/c1-2-10-19(12-14-6-3-4-9-17-14)15-8-5-7-13(11-16)18-15/h5,7-8,14,17H,2-4,6,9-10,12H2,1H3. The third-order valence-electron chi connectivity index (χ3n) is 3.52. The van der Waals surface area contributed by atoms with Crippen molar-refractivity contribution in [2.45, 2.75) is 38.6 Å². The van der Waals surface area contributed by atoms with E-state index in [0.717, 1.165) is 31.9 Å². The fraction of sp³-hybridized carbons (Fsp3) is 0.600. The zero-order chi connectivity index (χ0) is 13.5. The number of pyridine rings is 1. The molecule has 0 radical (unpaired) electrons. The summed E-state index contributed by atoms with van der Waals surface area (Å²) in [6.45, 7) is 5.27. The van der Waals surface area contributed by atoms with E-state index in [4.69, 9.17) is 5.26 Å². The van der Waals surface area contributed by atoms with Gasteiger partial charge in [-0.3, -0.25) is 0 Å². The number of anilines is 1. The Morgan fingerprint density at radius 1 is 1.47 bits per heavy atom. The van der Waals surface area contributed by atoms with E-state index in [0.29, 0.717) is 11.7 Å². The van der Waals surface area contributed by atoms with Crippen LogP contribution in [0.25, 0.3) is 0 Å². The van der Waals surface area contributed by atoms with Crippen molar-refractivity contribution < 1.29 is 0 Å². The molecule has 19 heavy (non-hydrogen) atoms. The molecule has 0 aromatic carbocycles. The van der Waals surface area contributed by atoms with Gasteiger partial charge in [-0.05, 0) is 37.9 Å². The molecule has 0 amide bonds. The minimum atomic E-state index is 0.496. The molecule has 1 fully saturated rings. The normalized spacial score (nSPS) is 18.8. The van der Waals surface area contributed by atoms with E-state index < -0.39 is 0 Å². The number of hydrogen-bond acceptors (Lipinski definition) is 4. The summed E-state index contributed by atoms with van der Waals surface area (Å²) < 4.78 is 0. The number of nitrogens with one attached hydrogen (secondary N) is 1. The third-order valence-corrected chi connectivity index (χ3v) is 3.52. The van der Waals surface area contributed by atoms with Crippen LogP contribution in [0.15, 0.2) is 18.2 Å². The summed E-state index contributed by atoms with van der Waals surface area (Å²) >= 11 is 0. The maximum atomic E-state index is 8.95. The molecule has 0 spiro atoms. The van der Waals surface area contributed by atoms with Gasteiger partial charge in [0.15, 0.2) is 0 Å². The van der Waals surface area contributed by atoms with Gasteiger partial charge >= 0.3 is 0 Å². The highest BCUT2D eigenvalue weighted by Gasteiger charge is 2.17. The van der Waals surface area contributed by atoms with Crippen LogP contribution in [0, 0.1) is 11.3 Å². The van der Waals surface area contributed by atoms with Crippen molar-refractivity contribution in [3.8, 4) is 6.07 Å². The van der Waals surface area contributed by atoms with Crippen LogP contribution >= 0.6 is 0 Å². The highest BCUT2D eigenvalue weighted by atomic mass is 15.2. The number of nitrogens with zero attached hydrogens (tertiary/aromatic N) is 3. The minimum Gasteiger partial charge on any atom is -0.355 e. The molecular formula is C15H22N4. The van der Waals surface area contributed by atoms with E-state index in [1.165, 1.54) is 19.3 Å². The van der Waals surface area contributed by atoms with Gasteiger partial charge in [-0.2, -0.15) is 5.26 Å². The monoisotopic (exact) mass is 258 g/mol. The number of nitriles is 1. The molecule has 1 unspecified atom stereocenters. The van der Waals surface area contributed by atoms with E-state index in [1.54, 1.807) is 6.07 Å². The lowest BCUT2D eigenvalue weighted by molar-refractivity contribution is 0.398. The predicted molar refractivity (Wildman–Crippen MR) is 77.1 cm³/mol. The highest BCUT2D eigenvalue weighted by molar-refractivity contribution is 5.41. The largest absolute Gasteiger partial charge is 0.355 e. The Balaban J connectivity index is 2.07. The Bertz CT molecular complexity index is 432. The Morgan fingerprint density at radius 3 is 3.05 bits per heavy atom. The minimum absolute atomic E-state index is 0.496. The molecule has 102 valence electrons. The van der Waals surface area contributed by atoms with Crippen LogP contribution in [-0.4, -0.2) is 30.7 Å². The molecule has 1 N–H and O–H groups in total. The van der Waals surface area contributed by atoms with Crippen molar-refractivity contribution in [2.75, 3.05) is 24.5 Å². The summed E-state index contributed by atoms with van der Waals surface area (Å²) in [5.74, 6) is 0.924. The number of rotatable bonds is 5. The van der Waals surface area contributed by atoms with E-state index in [9.17, 15) is 0 Å². The van der Waals surface area contributed by atoms with Gasteiger partial charge in [0.05, 0.1) is 0 Å². The van der Waals surface area contributed by atoms with Crippen LogP contribution in [-0.2, 0) is 0 Å². The fourth-order valence-electron chi connectivity index (χ4n) is 2.58. The lowest BCUT2D eigenvalue weighted by atomic mass is 10.0. The van der Waals surface area contributed by atoms with Gasteiger partial charge in [-0.15, -0.1) is 0 Å². The van der Waals surface area contributed by atoms with Crippen molar-refractivity contribution in [1.82, 2.24) is 10.3 Å². The molecule has 1 aromatic heterocycles. The van der Waals surface area contributed by atoms with Gasteiger partial charge in [-0.1, -0.05) is 19.4 Å². The molecule has 1 atom stereocenters. The summed E-state index contributed by atoms with van der Waals surface area (Å²) in [6, 6.07) is 8.33. The quantitative estimate of drug-likeness (QED) is 0.880. The van der Waals surface area contributed by atoms with Crippen molar-refractivity contribution in [2.24, 2.45) is 0 Å². The first-order valence-electron chi connectivity index (χ1n) is 7.19. The average Bonchev–Trinajstić information content (AvgIpc) is 2.48. The van der Waals surface area contributed by atoms with Crippen LogP contribution < -0.4 is 10.2 Å². The van der Waals surface area contributed by atoms with Crippen molar-refractivity contribution in [3.05, 3.63) is 23.9 Å². The lowest BCUT2D eigenvalue weighted by Crippen LogP contribution is -2.44. The molecule has 1 aliphatic heterocycles. The van der Waals surface area contributed by atoms with Crippen molar-refractivity contribution in [3.63, 3.8) is 0 Å². The zero-order valence-electron chi connectivity index (χ0n) is 11.6. The van der Waals surface area contributed by atoms with Crippen LogP contribution in [0.1, 0.15) is 38.3 Å². The summed E-state index contributed by atoms with van der Waals surface area (Å²) in [5.41, 5.74) is 0.496. The number of piperidine rings is 1. The average molecular weight is 258 g/mol. The van der Waals surface area contributed by atoms with Crippen LogP contribution in [0.2, 0.25) is 0 Å². The second kappa shape index (κ2) is 7.10. The SMILES string of the molecule is CCCN(CC1CCCCN1)c1cccc(C#N)n1. The smallest absolute Gasteiger partial charge is 0.142 e. The Kier molecular flexibility index (Phi) is 5.17. The van der Waals surface area contributed by atoms with Crippen LogP contribution in [0.4, 0.5) is 5.82 Å². The lowest BCUT2D eigenvalue weighted by Gasteiger charge is -2.31. The summed E-state index contributed by atoms with van der Waals surface area (Å²) in [4.78, 5) is 6.71. The Hall–Kier alpha value is -1.60. The first kappa shape index (κ1) is 13.8. The molecule has 2 rings (SSSR count). The van der Waals surface area contributed by atoms with Gasteiger partial charge in [0, 0.05) is 19.1 Å². The van der Waals surface area contributed by atoms with Crippen LogP contribution in [0.5, 0.6) is 0 Å². The second-order valence-corrected chi connectivity index (χ2v) is 5.09. The van der Waals surface area contributed by atoms with Crippen molar-refractivity contribution in [1.29, 1.82) is 5.26 Å². The van der Waals surface area contributed by atoms with Gasteiger partial charge in [0.1, 0.15) is 17.6 Å². The predicted octanol–water partition coefficient (Wildman–Crippen LogP) is 2.31. The van der Waals surface area contributed by atoms with Gasteiger partial charge < -0.3 is 10.2 Å². The summed E-state index contributed by atoms with van der Waals surface area (Å²) in [7, 11) is 0. The molecule has 0 saturated carbocycles. The molecule has 1 aliphatic rings. The Labute approximate surface area is 115 Å². The molecule has 1 aromatic rings. The van der Waals surface area contributed by atoms with Crippen LogP contribution in [0.3, 0.4) is 0 Å². The maximum Gasteiger partial charge on any atom is 0.142 e. The molecule has 0 aliphatic carbocycles. The van der Waals surface area contributed by atoms with Gasteiger partial charge in [0.25, 0.3) is 0 Å². The fourth-order valence-corrected chi connectivity index (χ4v) is 2.58. The van der Waals surface area contributed by atoms with Gasteiger partial charge in [0.2, 0.25) is 0 Å².